The van der Waals surface area contributed by atoms with Crippen molar-refractivity contribution in [1.82, 2.24) is 24.3 Å². The number of aliphatic hydroxyl groups excluding tert-OH is 1. The zero-order valence-corrected chi connectivity index (χ0v) is 15.4. The van der Waals surface area contributed by atoms with E-state index < -0.39 is 6.10 Å². The third kappa shape index (κ3) is 3.63. The van der Waals surface area contributed by atoms with E-state index in [4.69, 9.17) is 5.73 Å². The highest BCUT2D eigenvalue weighted by Crippen LogP contribution is 2.25. The summed E-state index contributed by atoms with van der Waals surface area (Å²) in [6, 6.07) is 1.68. The number of aliphatic imine (C=N–C) groups is 1. The van der Waals surface area contributed by atoms with Crippen LogP contribution in [0, 0.1) is 0 Å². The predicted octanol–water partition coefficient (Wildman–Crippen LogP) is 0.573. The Labute approximate surface area is 155 Å². The largest absolute Gasteiger partial charge is 0.404 e. The van der Waals surface area contributed by atoms with Gasteiger partial charge >= 0.3 is 0 Å². The summed E-state index contributed by atoms with van der Waals surface area (Å²) < 4.78 is 3.03. The SMILES string of the molecule is CN=CC(=CN)c1nc(-c2cnn(C)c2)cc2c(=O)n(CC(C)O)cnc12. The van der Waals surface area contributed by atoms with Crippen LogP contribution in [0.5, 0.6) is 0 Å². The van der Waals surface area contributed by atoms with E-state index in [0.717, 1.165) is 5.56 Å². The van der Waals surface area contributed by atoms with Gasteiger partial charge in [-0.3, -0.25) is 19.0 Å². The summed E-state index contributed by atoms with van der Waals surface area (Å²) in [7, 11) is 3.43. The predicted molar refractivity (Wildman–Crippen MR) is 104 cm³/mol. The molecule has 0 amide bonds. The lowest BCUT2D eigenvalue weighted by molar-refractivity contribution is 0.172. The van der Waals surface area contributed by atoms with Crippen LogP contribution in [0.15, 0.2) is 40.8 Å². The number of rotatable bonds is 5. The minimum atomic E-state index is -0.673. The van der Waals surface area contributed by atoms with Crippen molar-refractivity contribution in [3.63, 3.8) is 0 Å². The lowest BCUT2D eigenvalue weighted by Gasteiger charge is -2.12. The Kier molecular flexibility index (Phi) is 5.13. The topological polar surface area (TPSA) is 124 Å². The van der Waals surface area contributed by atoms with E-state index in [-0.39, 0.29) is 12.1 Å². The molecule has 0 saturated carbocycles. The van der Waals surface area contributed by atoms with Gasteiger partial charge in [0.25, 0.3) is 5.56 Å². The van der Waals surface area contributed by atoms with E-state index in [0.29, 0.717) is 27.9 Å². The van der Waals surface area contributed by atoms with E-state index in [1.165, 1.54) is 17.1 Å². The van der Waals surface area contributed by atoms with Crippen molar-refractivity contribution < 1.29 is 5.11 Å². The molecule has 9 nitrogen and oxygen atoms in total. The Morgan fingerprint density at radius 2 is 2.26 bits per heavy atom. The maximum absolute atomic E-state index is 13.0. The summed E-state index contributed by atoms with van der Waals surface area (Å²) >= 11 is 0. The molecule has 0 bridgehead atoms. The first-order valence-electron chi connectivity index (χ1n) is 8.36. The van der Waals surface area contributed by atoms with Crippen LogP contribution in [0.2, 0.25) is 0 Å². The van der Waals surface area contributed by atoms with Gasteiger partial charge in [0.1, 0.15) is 11.2 Å². The van der Waals surface area contributed by atoms with Gasteiger partial charge in [0, 0.05) is 43.8 Å². The molecular weight excluding hydrogens is 346 g/mol. The number of aliphatic hydroxyl groups is 1. The third-order valence-electron chi connectivity index (χ3n) is 3.99. The molecule has 3 aromatic heterocycles. The lowest BCUT2D eigenvalue weighted by Crippen LogP contribution is -2.26. The van der Waals surface area contributed by atoms with E-state index in [9.17, 15) is 9.90 Å². The molecule has 0 saturated heterocycles. The molecule has 0 aromatic carbocycles. The van der Waals surface area contributed by atoms with Crippen LogP contribution in [-0.4, -0.2) is 48.8 Å². The molecular formula is C18H21N7O2. The summed E-state index contributed by atoms with van der Waals surface area (Å²) in [4.78, 5) is 26.0. The number of aromatic nitrogens is 5. The van der Waals surface area contributed by atoms with Crippen LogP contribution in [0.25, 0.3) is 27.7 Å². The monoisotopic (exact) mass is 367 g/mol. The van der Waals surface area contributed by atoms with Gasteiger partial charge in [0.05, 0.1) is 36.3 Å². The van der Waals surface area contributed by atoms with Gasteiger partial charge < -0.3 is 10.8 Å². The Balaban J connectivity index is 2.35. The van der Waals surface area contributed by atoms with Crippen molar-refractivity contribution in [3.05, 3.63) is 47.0 Å². The molecule has 1 unspecified atom stereocenters. The number of allylic oxidation sites excluding steroid dienone is 1. The molecule has 1 atom stereocenters. The van der Waals surface area contributed by atoms with Gasteiger partial charge in [-0.05, 0) is 13.0 Å². The van der Waals surface area contributed by atoms with Crippen molar-refractivity contribution in [2.24, 2.45) is 17.8 Å². The Morgan fingerprint density at radius 3 is 2.85 bits per heavy atom. The van der Waals surface area contributed by atoms with Crippen LogP contribution >= 0.6 is 0 Å². The highest BCUT2D eigenvalue weighted by molar-refractivity contribution is 6.13. The summed E-state index contributed by atoms with van der Waals surface area (Å²) in [5.74, 6) is 0. The summed E-state index contributed by atoms with van der Waals surface area (Å²) in [5, 5.41) is 14.2. The average molecular weight is 367 g/mol. The normalized spacial score (nSPS) is 13.6. The Hall–Kier alpha value is -3.33. The van der Waals surface area contributed by atoms with Gasteiger partial charge in [-0.1, -0.05) is 0 Å². The molecule has 3 heterocycles. The van der Waals surface area contributed by atoms with Gasteiger partial charge in [-0.25, -0.2) is 9.97 Å². The lowest BCUT2D eigenvalue weighted by atomic mass is 10.1. The molecule has 0 aliphatic rings. The first kappa shape index (κ1) is 18.5. The second kappa shape index (κ2) is 7.50. The van der Waals surface area contributed by atoms with Crippen LogP contribution in [0.3, 0.4) is 0 Å². The fourth-order valence-corrected chi connectivity index (χ4v) is 2.81. The van der Waals surface area contributed by atoms with Crippen molar-refractivity contribution in [2.45, 2.75) is 19.6 Å². The van der Waals surface area contributed by atoms with E-state index in [1.54, 1.807) is 44.2 Å². The number of nitrogens with zero attached hydrogens (tertiary/aromatic N) is 6. The van der Waals surface area contributed by atoms with Crippen molar-refractivity contribution in [1.29, 1.82) is 0 Å². The van der Waals surface area contributed by atoms with Gasteiger partial charge in [-0.15, -0.1) is 0 Å². The minimum absolute atomic E-state index is 0.150. The molecule has 0 fully saturated rings. The number of nitrogens with two attached hydrogens (primary N) is 1. The molecule has 3 rings (SSSR count). The van der Waals surface area contributed by atoms with Crippen LogP contribution in [0.1, 0.15) is 12.6 Å². The second-order valence-electron chi connectivity index (χ2n) is 6.22. The van der Waals surface area contributed by atoms with Crippen molar-refractivity contribution in [3.8, 4) is 11.3 Å². The average Bonchev–Trinajstić information content (AvgIpc) is 3.07. The third-order valence-corrected chi connectivity index (χ3v) is 3.99. The summed E-state index contributed by atoms with van der Waals surface area (Å²) in [5.41, 5.74) is 8.25. The molecule has 27 heavy (non-hydrogen) atoms. The molecule has 140 valence electrons. The fourth-order valence-electron chi connectivity index (χ4n) is 2.81. The highest BCUT2D eigenvalue weighted by Gasteiger charge is 2.16. The molecule has 0 aliphatic heterocycles. The number of hydrogen-bond acceptors (Lipinski definition) is 7. The Bertz CT molecular complexity index is 1090. The van der Waals surface area contributed by atoms with E-state index >= 15 is 0 Å². The van der Waals surface area contributed by atoms with Crippen LogP contribution in [0.4, 0.5) is 0 Å². The maximum atomic E-state index is 13.0. The first-order valence-corrected chi connectivity index (χ1v) is 8.36. The standard InChI is InChI=1S/C18H21N7O2/c1-11(26)8-25-10-21-17-14(18(25)27)4-15(13-7-22-24(3)9-13)23-16(17)12(5-19)6-20-2/h4-7,9-11,26H,8,19H2,1-3H3. The van der Waals surface area contributed by atoms with Gasteiger partial charge in [0.2, 0.25) is 0 Å². The van der Waals surface area contributed by atoms with Gasteiger partial charge in [-0.2, -0.15) is 5.10 Å². The quantitative estimate of drug-likeness (QED) is 0.636. The molecule has 9 heteroatoms. The molecule has 3 N–H and O–H groups in total. The summed E-state index contributed by atoms with van der Waals surface area (Å²) in [6.45, 7) is 1.76. The van der Waals surface area contributed by atoms with Crippen LogP contribution < -0.4 is 11.3 Å². The number of fused-ring (bicyclic) bond motifs is 1. The minimum Gasteiger partial charge on any atom is -0.404 e. The zero-order valence-electron chi connectivity index (χ0n) is 15.4. The fraction of sp³-hybridized carbons (Fsp3) is 0.278. The molecule has 0 aliphatic carbocycles. The van der Waals surface area contributed by atoms with Crippen LogP contribution in [-0.2, 0) is 13.6 Å². The number of pyridine rings is 1. The van der Waals surface area contributed by atoms with Crippen molar-refractivity contribution in [2.75, 3.05) is 7.05 Å². The number of hydrogen-bond donors (Lipinski definition) is 2. The van der Waals surface area contributed by atoms with Crippen molar-refractivity contribution >= 4 is 22.7 Å². The molecule has 0 spiro atoms. The smallest absolute Gasteiger partial charge is 0.261 e. The highest BCUT2D eigenvalue weighted by atomic mass is 16.3. The van der Waals surface area contributed by atoms with E-state index in [2.05, 4.69) is 20.1 Å². The van der Waals surface area contributed by atoms with Gasteiger partial charge in [0.15, 0.2) is 0 Å². The van der Waals surface area contributed by atoms with E-state index in [1.807, 2.05) is 6.20 Å². The second-order valence-corrected chi connectivity index (χ2v) is 6.22. The molecule has 3 aromatic rings. The first-order chi connectivity index (χ1) is 12.9. The number of aryl methyl sites for hydroxylation is 1. The molecule has 0 radical (unpaired) electrons. The summed E-state index contributed by atoms with van der Waals surface area (Å²) in [6.07, 6.45) is 7.16. The zero-order chi connectivity index (χ0) is 19.6. The Morgan fingerprint density at radius 1 is 1.48 bits per heavy atom. The maximum Gasteiger partial charge on any atom is 0.261 e.